The summed E-state index contributed by atoms with van der Waals surface area (Å²) in [5.41, 5.74) is 16.3. The summed E-state index contributed by atoms with van der Waals surface area (Å²) < 4.78 is 19.0. The van der Waals surface area contributed by atoms with Gasteiger partial charge in [-0.3, -0.25) is 0 Å². The molecule has 0 saturated carbocycles. The van der Waals surface area contributed by atoms with E-state index in [0.717, 1.165) is 11.1 Å². The number of benzene rings is 5. The molecule has 0 unspecified atom stereocenters. The third kappa shape index (κ3) is 5.17. The number of oxazole rings is 1. The SMILES string of the molecule is Nc1ccc(-c2nc(-c3ccccc3)oc2-c2ccc(N)cc2Oc2ccccc2)c(Oc2ccccc2)c1. The van der Waals surface area contributed by atoms with Crippen molar-refractivity contribution in [2.24, 2.45) is 0 Å². The van der Waals surface area contributed by atoms with Gasteiger partial charge in [0.2, 0.25) is 5.89 Å². The topological polar surface area (TPSA) is 96.5 Å². The monoisotopic (exact) mass is 511 g/mol. The molecule has 0 bridgehead atoms. The second-order valence-electron chi connectivity index (χ2n) is 8.90. The van der Waals surface area contributed by atoms with Crippen LogP contribution in [-0.2, 0) is 0 Å². The van der Waals surface area contributed by atoms with Crippen LogP contribution in [0.25, 0.3) is 34.0 Å². The smallest absolute Gasteiger partial charge is 0.227 e. The van der Waals surface area contributed by atoms with Crippen molar-refractivity contribution < 1.29 is 13.9 Å². The van der Waals surface area contributed by atoms with Crippen LogP contribution < -0.4 is 20.9 Å². The quantitative estimate of drug-likeness (QED) is 0.209. The van der Waals surface area contributed by atoms with Gasteiger partial charge in [0.15, 0.2) is 5.76 Å². The minimum atomic E-state index is 0.463. The highest BCUT2D eigenvalue weighted by molar-refractivity contribution is 5.86. The summed E-state index contributed by atoms with van der Waals surface area (Å²) in [4.78, 5) is 4.96. The first kappa shape index (κ1) is 23.9. The number of aromatic nitrogens is 1. The number of rotatable bonds is 7. The van der Waals surface area contributed by atoms with Crippen LogP contribution in [0.4, 0.5) is 11.4 Å². The minimum Gasteiger partial charge on any atom is -0.457 e. The lowest BCUT2D eigenvalue weighted by atomic mass is 10.0. The van der Waals surface area contributed by atoms with Gasteiger partial charge in [-0.1, -0.05) is 54.6 Å². The molecule has 0 amide bonds. The Morgan fingerprint density at radius 2 is 1.03 bits per heavy atom. The van der Waals surface area contributed by atoms with E-state index in [4.69, 9.17) is 30.3 Å². The molecule has 6 rings (SSSR count). The molecule has 0 radical (unpaired) electrons. The van der Waals surface area contributed by atoms with Gasteiger partial charge in [0.05, 0.1) is 5.56 Å². The normalized spacial score (nSPS) is 10.8. The van der Waals surface area contributed by atoms with Crippen LogP contribution in [0.5, 0.6) is 23.0 Å². The zero-order valence-electron chi connectivity index (χ0n) is 21.0. The first-order valence-corrected chi connectivity index (χ1v) is 12.5. The third-order valence-corrected chi connectivity index (χ3v) is 6.10. The Morgan fingerprint density at radius 1 is 0.538 bits per heavy atom. The molecule has 0 aliphatic rings. The van der Waals surface area contributed by atoms with Gasteiger partial charge >= 0.3 is 0 Å². The van der Waals surface area contributed by atoms with Crippen LogP contribution >= 0.6 is 0 Å². The summed E-state index contributed by atoms with van der Waals surface area (Å²) in [5, 5.41) is 0. The fourth-order valence-corrected chi connectivity index (χ4v) is 4.25. The largest absolute Gasteiger partial charge is 0.457 e. The maximum atomic E-state index is 6.48. The lowest BCUT2D eigenvalue weighted by Gasteiger charge is -2.14. The standard InChI is InChI=1S/C33H25N3O3/c34-23-16-18-27(29(20-23)37-25-12-6-2-7-13-25)31-32(39-33(36-31)22-10-4-1-5-11-22)28-19-17-24(35)21-30(28)38-26-14-8-3-9-15-26/h1-21H,34-35H2. The molecule has 0 saturated heterocycles. The lowest BCUT2D eigenvalue weighted by molar-refractivity contribution is 0.481. The van der Waals surface area contributed by atoms with E-state index in [0.29, 0.717) is 57.3 Å². The van der Waals surface area contributed by atoms with Crippen molar-refractivity contribution in [1.82, 2.24) is 4.98 Å². The molecule has 1 heterocycles. The molecule has 6 heteroatoms. The van der Waals surface area contributed by atoms with Crippen molar-refractivity contribution in [2.75, 3.05) is 11.5 Å². The fraction of sp³-hybridized carbons (Fsp3) is 0. The summed E-state index contributed by atoms with van der Waals surface area (Å²) >= 11 is 0. The second-order valence-corrected chi connectivity index (χ2v) is 8.90. The number of hydrogen-bond acceptors (Lipinski definition) is 6. The molecule has 0 spiro atoms. The number of nitrogens with zero attached hydrogens (tertiary/aromatic N) is 1. The fourth-order valence-electron chi connectivity index (χ4n) is 4.25. The van der Waals surface area contributed by atoms with Gasteiger partial charge in [0.1, 0.15) is 28.7 Å². The van der Waals surface area contributed by atoms with E-state index in [1.165, 1.54) is 0 Å². The number of ether oxygens (including phenoxy) is 2. The predicted octanol–water partition coefficient (Wildman–Crippen LogP) is 8.42. The number of anilines is 2. The zero-order chi connectivity index (χ0) is 26.6. The molecule has 0 fully saturated rings. The molecular formula is C33H25N3O3. The maximum Gasteiger partial charge on any atom is 0.227 e. The minimum absolute atomic E-state index is 0.463. The van der Waals surface area contributed by atoms with Crippen molar-refractivity contribution in [2.45, 2.75) is 0 Å². The Labute approximate surface area is 226 Å². The van der Waals surface area contributed by atoms with Crippen LogP contribution in [-0.4, -0.2) is 4.98 Å². The first-order chi connectivity index (χ1) is 19.1. The summed E-state index contributed by atoms with van der Waals surface area (Å²) in [6.07, 6.45) is 0. The van der Waals surface area contributed by atoms with Gasteiger partial charge < -0.3 is 25.4 Å². The highest BCUT2D eigenvalue weighted by Crippen LogP contribution is 2.45. The molecule has 6 aromatic rings. The Balaban J connectivity index is 1.54. The van der Waals surface area contributed by atoms with Crippen molar-refractivity contribution in [1.29, 1.82) is 0 Å². The molecule has 1 aromatic heterocycles. The number of nitrogen functional groups attached to an aromatic ring is 2. The molecule has 39 heavy (non-hydrogen) atoms. The van der Waals surface area contributed by atoms with E-state index in [1.54, 1.807) is 12.1 Å². The first-order valence-electron chi connectivity index (χ1n) is 12.5. The van der Waals surface area contributed by atoms with Crippen LogP contribution in [0.15, 0.2) is 132 Å². The summed E-state index contributed by atoms with van der Waals surface area (Å²) in [5.74, 6) is 3.43. The van der Waals surface area contributed by atoms with E-state index in [1.807, 2.05) is 115 Å². The van der Waals surface area contributed by atoms with E-state index >= 15 is 0 Å². The van der Waals surface area contributed by atoms with Crippen LogP contribution in [0, 0.1) is 0 Å². The molecule has 0 atom stereocenters. The average molecular weight is 512 g/mol. The van der Waals surface area contributed by atoms with Crippen molar-refractivity contribution >= 4 is 11.4 Å². The number of para-hydroxylation sites is 2. The molecule has 5 aromatic carbocycles. The van der Waals surface area contributed by atoms with Gasteiger partial charge in [-0.15, -0.1) is 0 Å². The Kier molecular flexibility index (Phi) is 6.41. The van der Waals surface area contributed by atoms with Gasteiger partial charge in [-0.25, -0.2) is 4.98 Å². The van der Waals surface area contributed by atoms with Crippen molar-refractivity contribution in [3.05, 3.63) is 127 Å². The molecule has 4 N–H and O–H groups in total. The van der Waals surface area contributed by atoms with Gasteiger partial charge in [0, 0.05) is 34.6 Å². The molecule has 0 aliphatic heterocycles. The summed E-state index contributed by atoms with van der Waals surface area (Å²) in [6.45, 7) is 0. The Hall–Kier alpha value is -5.49. The third-order valence-electron chi connectivity index (χ3n) is 6.10. The maximum absolute atomic E-state index is 6.48. The van der Waals surface area contributed by atoms with E-state index in [2.05, 4.69) is 0 Å². The van der Waals surface area contributed by atoms with Crippen molar-refractivity contribution in [3.8, 4) is 57.0 Å². The highest BCUT2D eigenvalue weighted by Gasteiger charge is 2.24. The van der Waals surface area contributed by atoms with Gasteiger partial charge in [-0.05, 0) is 60.7 Å². The van der Waals surface area contributed by atoms with Gasteiger partial charge in [-0.2, -0.15) is 0 Å². The molecule has 6 nitrogen and oxygen atoms in total. The summed E-state index contributed by atoms with van der Waals surface area (Å²) in [7, 11) is 0. The molecule has 190 valence electrons. The van der Waals surface area contributed by atoms with Crippen molar-refractivity contribution in [3.63, 3.8) is 0 Å². The van der Waals surface area contributed by atoms with Crippen LogP contribution in [0.1, 0.15) is 0 Å². The Bertz CT molecular complexity index is 1610. The Morgan fingerprint density at radius 3 is 1.59 bits per heavy atom. The van der Waals surface area contributed by atoms with Crippen LogP contribution in [0.3, 0.4) is 0 Å². The van der Waals surface area contributed by atoms with E-state index in [9.17, 15) is 0 Å². The van der Waals surface area contributed by atoms with E-state index in [-0.39, 0.29) is 0 Å². The lowest BCUT2D eigenvalue weighted by Crippen LogP contribution is -1.95. The number of hydrogen-bond donors (Lipinski definition) is 2. The highest BCUT2D eigenvalue weighted by atomic mass is 16.5. The second kappa shape index (κ2) is 10.5. The predicted molar refractivity (Wildman–Crippen MR) is 155 cm³/mol. The average Bonchev–Trinajstić information content (AvgIpc) is 3.40. The van der Waals surface area contributed by atoms with Gasteiger partial charge in [0.25, 0.3) is 0 Å². The van der Waals surface area contributed by atoms with E-state index < -0.39 is 0 Å². The molecular weight excluding hydrogens is 486 g/mol. The van der Waals surface area contributed by atoms with Crippen LogP contribution in [0.2, 0.25) is 0 Å². The number of nitrogens with two attached hydrogens (primary N) is 2. The zero-order valence-corrected chi connectivity index (χ0v) is 21.0. The molecule has 0 aliphatic carbocycles. The summed E-state index contributed by atoms with van der Waals surface area (Å²) in [6, 6.07) is 39.8.